The van der Waals surface area contributed by atoms with Crippen molar-refractivity contribution in [1.82, 2.24) is 9.29 Å². The van der Waals surface area contributed by atoms with E-state index in [1.807, 2.05) is 37.3 Å². The standard InChI is InChI=1S/C31H27FN4O4S2/c1-3-40-26-14-9-22(10-15-26)20-33-36(31-34-28-18-13-25(32)19-29(28)41-31)30(37)24-11-16-27(17-12-24)42(38,39)35(2)21-23-7-5-4-6-8-23/h4-20H,3,21H2,1-2H3/b33-20+. The molecular formula is C31H27FN4O4S2. The smallest absolute Gasteiger partial charge is 0.280 e. The number of carbonyl (C=O) groups excluding carboxylic acids is 1. The first-order valence-corrected chi connectivity index (χ1v) is 15.3. The molecule has 0 N–H and O–H groups in total. The number of hydrazone groups is 1. The zero-order valence-corrected chi connectivity index (χ0v) is 24.5. The molecule has 42 heavy (non-hydrogen) atoms. The van der Waals surface area contributed by atoms with Crippen LogP contribution in [0.5, 0.6) is 5.75 Å². The van der Waals surface area contributed by atoms with Crippen LogP contribution < -0.4 is 9.75 Å². The number of carbonyl (C=O) groups is 1. The summed E-state index contributed by atoms with van der Waals surface area (Å²) in [5.74, 6) is -0.235. The van der Waals surface area contributed by atoms with E-state index in [0.717, 1.165) is 21.9 Å². The molecule has 5 aromatic rings. The maximum atomic E-state index is 13.8. The van der Waals surface area contributed by atoms with E-state index in [1.54, 1.807) is 24.3 Å². The van der Waals surface area contributed by atoms with Gasteiger partial charge in [-0.15, -0.1) is 0 Å². The summed E-state index contributed by atoms with van der Waals surface area (Å²) in [5.41, 5.74) is 2.29. The Morgan fingerprint density at radius 1 is 1.00 bits per heavy atom. The third-order valence-corrected chi connectivity index (χ3v) is 9.09. The number of nitrogens with zero attached hydrogens (tertiary/aromatic N) is 4. The lowest BCUT2D eigenvalue weighted by Crippen LogP contribution is -2.27. The van der Waals surface area contributed by atoms with Crippen LogP contribution in [0.15, 0.2) is 107 Å². The van der Waals surface area contributed by atoms with Crippen LogP contribution in [0.2, 0.25) is 0 Å². The van der Waals surface area contributed by atoms with Crippen molar-refractivity contribution in [1.29, 1.82) is 0 Å². The highest BCUT2D eigenvalue weighted by Gasteiger charge is 2.24. The van der Waals surface area contributed by atoms with E-state index in [2.05, 4.69) is 10.1 Å². The third kappa shape index (κ3) is 6.54. The summed E-state index contributed by atoms with van der Waals surface area (Å²) in [6, 6.07) is 26.3. The van der Waals surface area contributed by atoms with Gasteiger partial charge in [-0.2, -0.15) is 14.4 Å². The van der Waals surface area contributed by atoms with E-state index in [9.17, 15) is 17.6 Å². The number of fused-ring (bicyclic) bond motifs is 1. The normalized spacial score (nSPS) is 11.8. The van der Waals surface area contributed by atoms with E-state index in [1.165, 1.54) is 60.0 Å². The summed E-state index contributed by atoms with van der Waals surface area (Å²) >= 11 is 1.12. The van der Waals surface area contributed by atoms with Gasteiger partial charge in [0.25, 0.3) is 5.91 Å². The van der Waals surface area contributed by atoms with Crippen LogP contribution in [0, 0.1) is 5.82 Å². The maximum Gasteiger partial charge on any atom is 0.280 e. The number of anilines is 1. The number of benzene rings is 4. The van der Waals surface area contributed by atoms with Gasteiger partial charge in [-0.3, -0.25) is 4.79 Å². The van der Waals surface area contributed by atoms with Gasteiger partial charge in [-0.1, -0.05) is 41.7 Å². The summed E-state index contributed by atoms with van der Waals surface area (Å²) < 4.78 is 47.5. The molecule has 0 saturated carbocycles. The van der Waals surface area contributed by atoms with Gasteiger partial charge in [0.1, 0.15) is 11.6 Å². The number of amides is 1. The lowest BCUT2D eigenvalue weighted by atomic mass is 10.2. The van der Waals surface area contributed by atoms with Crippen LogP contribution >= 0.6 is 11.3 Å². The minimum Gasteiger partial charge on any atom is -0.494 e. The van der Waals surface area contributed by atoms with E-state index in [-0.39, 0.29) is 22.1 Å². The highest BCUT2D eigenvalue weighted by Crippen LogP contribution is 2.31. The molecule has 1 amide bonds. The van der Waals surface area contributed by atoms with Crippen LogP contribution in [0.4, 0.5) is 9.52 Å². The first kappa shape index (κ1) is 29.1. The van der Waals surface area contributed by atoms with E-state index < -0.39 is 21.7 Å². The molecule has 11 heteroatoms. The predicted molar refractivity (Wildman–Crippen MR) is 163 cm³/mol. The molecule has 1 aromatic heterocycles. The SMILES string of the molecule is CCOc1ccc(/C=N/N(C(=O)c2ccc(S(=O)(=O)N(C)Cc3ccccc3)cc2)c2nc3ccc(F)cc3s2)cc1. The quantitative estimate of drug-likeness (QED) is 0.138. The van der Waals surface area contributed by atoms with Crippen LogP contribution in [0.25, 0.3) is 10.2 Å². The third-order valence-electron chi connectivity index (χ3n) is 6.28. The van der Waals surface area contributed by atoms with Crippen molar-refractivity contribution < 1.29 is 22.3 Å². The first-order valence-electron chi connectivity index (χ1n) is 13.0. The zero-order chi connectivity index (χ0) is 29.7. The number of hydrogen-bond acceptors (Lipinski definition) is 7. The number of rotatable bonds is 10. The Labute approximate surface area is 247 Å². The highest BCUT2D eigenvalue weighted by atomic mass is 32.2. The molecule has 214 valence electrons. The molecule has 0 atom stereocenters. The van der Waals surface area contributed by atoms with E-state index in [0.29, 0.717) is 28.1 Å². The molecule has 1 heterocycles. The van der Waals surface area contributed by atoms with E-state index >= 15 is 0 Å². The van der Waals surface area contributed by atoms with E-state index in [4.69, 9.17) is 4.74 Å². The molecule has 0 spiro atoms. The Balaban J connectivity index is 1.43. The fourth-order valence-electron chi connectivity index (χ4n) is 4.10. The van der Waals surface area contributed by atoms with Crippen molar-refractivity contribution in [3.05, 3.63) is 120 Å². The summed E-state index contributed by atoms with van der Waals surface area (Å²) in [7, 11) is -2.30. The Hall–Kier alpha value is -4.45. The van der Waals surface area contributed by atoms with Crippen molar-refractivity contribution >= 4 is 48.8 Å². The minimum atomic E-state index is -3.80. The molecule has 0 bridgehead atoms. The molecule has 4 aromatic carbocycles. The lowest BCUT2D eigenvalue weighted by Gasteiger charge is -2.18. The fraction of sp³-hybridized carbons (Fsp3) is 0.129. The van der Waals surface area contributed by atoms with Crippen LogP contribution in [-0.4, -0.2) is 43.5 Å². The van der Waals surface area contributed by atoms with Crippen LogP contribution in [-0.2, 0) is 16.6 Å². The molecule has 0 saturated heterocycles. The number of hydrogen-bond donors (Lipinski definition) is 0. The molecule has 8 nitrogen and oxygen atoms in total. The maximum absolute atomic E-state index is 13.8. The molecule has 0 aliphatic carbocycles. The molecule has 5 rings (SSSR count). The number of sulfonamides is 1. The largest absolute Gasteiger partial charge is 0.494 e. The van der Waals surface area contributed by atoms with Gasteiger partial charge in [0.05, 0.1) is 27.9 Å². The van der Waals surface area contributed by atoms with Gasteiger partial charge >= 0.3 is 0 Å². The molecule has 0 aliphatic heterocycles. The average molecular weight is 603 g/mol. The summed E-state index contributed by atoms with van der Waals surface area (Å²) in [6.45, 7) is 2.64. The number of aromatic nitrogens is 1. The second-order valence-electron chi connectivity index (χ2n) is 9.24. The second-order valence-corrected chi connectivity index (χ2v) is 12.3. The van der Waals surface area contributed by atoms with Gasteiger partial charge in [0, 0.05) is 19.2 Å². The Morgan fingerprint density at radius 2 is 1.71 bits per heavy atom. The highest BCUT2D eigenvalue weighted by molar-refractivity contribution is 7.89. The Morgan fingerprint density at radius 3 is 2.40 bits per heavy atom. The summed E-state index contributed by atoms with van der Waals surface area (Å²) in [5, 5.41) is 5.79. The van der Waals surface area contributed by atoms with Gasteiger partial charge in [0.2, 0.25) is 15.2 Å². The van der Waals surface area contributed by atoms with Crippen molar-refractivity contribution in [2.75, 3.05) is 18.7 Å². The molecule has 0 radical (unpaired) electrons. The average Bonchev–Trinajstić information content (AvgIpc) is 3.41. The first-order chi connectivity index (χ1) is 20.2. The van der Waals surface area contributed by atoms with Gasteiger partial charge in [-0.05, 0) is 84.8 Å². The molecular weight excluding hydrogens is 575 g/mol. The van der Waals surface area contributed by atoms with Crippen molar-refractivity contribution in [3.8, 4) is 5.75 Å². The number of halogens is 1. The van der Waals surface area contributed by atoms with Crippen molar-refractivity contribution in [3.63, 3.8) is 0 Å². The van der Waals surface area contributed by atoms with Crippen molar-refractivity contribution in [2.24, 2.45) is 5.10 Å². The predicted octanol–water partition coefficient (Wildman–Crippen LogP) is 6.34. The Kier molecular flexibility index (Phi) is 8.72. The summed E-state index contributed by atoms with van der Waals surface area (Å²) in [4.78, 5) is 18.3. The van der Waals surface area contributed by atoms with Gasteiger partial charge in [0.15, 0.2) is 0 Å². The number of thiazole rings is 1. The Bertz CT molecular complexity index is 1830. The van der Waals surface area contributed by atoms with Crippen LogP contribution in [0.3, 0.4) is 0 Å². The monoisotopic (exact) mass is 602 g/mol. The van der Waals surface area contributed by atoms with Crippen LogP contribution in [0.1, 0.15) is 28.4 Å². The van der Waals surface area contributed by atoms with Gasteiger partial charge < -0.3 is 4.74 Å². The van der Waals surface area contributed by atoms with Crippen molar-refractivity contribution in [2.45, 2.75) is 18.4 Å². The molecule has 0 fully saturated rings. The topological polar surface area (TPSA) is 92.2 Å². The molecule has 0 unspecified atom stereocenters. The minimum absolute atomic E-state index is 0.0531. The lowest BCUT2D eigenvalue weighted by molar-refractivity contribution is 0.0987. The fourth-order valence-corrected chi connectivity index (χ4v) is 6.21. The second kappa shape index (κ2) is 12.6. The van der Waals surface area contributed by atoms with Gasteiger partial charge in [-0.25, -0.2) is 17.8 Å². The summed E-state index contributed by atoms with van der Waals surface area (Å²) in [6.07, 6.45) is 1.51. The zero-order valence-electron chi connectivity index (χ0n) is 22.8. The molecule has 0 aliphatic rings. The number of ether oxygens (including phenoxy) is 1.